The topological polar surface area (TPSA) is 24.5 Å². The molecule has 1 unspecified atom stereocenters. The zero-order chi connectivity index (χ0) is 11.5. The summed E-state index contributed by atoms with van der Waals surface area (Å²) in [6, 6.07) is 6.41. The predicted octanol–water partition coefficient (Wildman–Crippen LogP) is 1.92. The lowest BCUT2D eigenvalue weighted by Crippen LogP contribution is -2.43. The van der Waals surface area contributed by atoms with Crippen LogP contribution in [-0.4, -0.2) is 38.7 Å². The molecule has 88 valence electrons. The Bertz CT molecular complexity index is 370. The average Bonchev–Trinajstić information content (AvgIpc) is 2.29. The fourth-order valence-electron chi connectivity index (χ4n) is 2.07. The molecule has 1 aromatic carbocycles. The van der Waals surface area contributed by atoms with E-state index < -0.39 is 0 Å². The summed E-state index contributed by atoms with van der Waals surface area (Å²) in [5, 5.41) is 4.08. The lowest BCUT2D eigenvalue weighted by atomic mass is 10.0. The van der Waals surface area contributed by atoms with E-state index in [1.807, 2.05) is 12.1 Å². The number of methoxy groups -OCH3 is 1. The van der Waals surface area contributed by atoms with Crippen LogP contribution in [0.5, 0.6) is 5.75 Å². The van der Waals surface area contributed by atoms with Crippen molar-refractivity contribution >= 4 is 11.6 Å². The van der Waals surface area contributed by atoms with Crippen LogP contribution in [0.3, 0.4) is 0 Å². The van der Waals surface area contributed by atoms with Crippen LogP contribution in [0.1, 0.15) is 11.6 Å². The number of hydrogen-bond acceptors (Lipinski definition) is 3. The van der Waals surface area contributed by atoms with E-state index in [1.54, 1.807) is 7.11 Å². The first-order valence-corrected chi connectivity index (χ1v) is 5.84. The van der Waals surface area contributed by atoms with Crippen LogP contribution in [0.2, 0.25) is 5.02 Å². The third kappa shape index (κ3) is 2.32. The van der Waals surface area contributed by atoms with Gasteiger partial charge >= 0.3 is 0 Å². The summed E-state index contributed by atoms with van der Waals surface area (Å²) in [7, 11) is 3.78. The minimum absolute atomic E-state index is 0.400. The van der Waals surface area contributed by atoms with Gasteiger partial charge in [0.05, 0.1) is 12.1 Å². The van der Waals surface area contributed by atoms with Crippen LogP contribution in [0.25, 0.3) is 0 Å². The Morgan fingerprint density at radius 3 is 2.94 bits per heavy atom. The molecular weight excluding hydrogens is 224 g/mol. The number of nitrogens with zero attached hydrogens (tertiary/aromatic N) is 1. The van der Waals surface area contributed by atoms with Gasteiger partial charge in [0.25, 0.3) is 0 Å². The number of benzene rings is 1. The minimum Gasteiger partial charge on any atom is -0.495 e. The van der Waals surface area contributed by atoms with Gasteiger partial charge in [-0.2, -0.15) is 0 Å². The van der Waals surface area contributed by atoms with Gasteiger partial charge in [-0.1, -0.05) is 17.7 Å². The second-order valence-electron chi connectivity index (χ2n) is 4.09. The van der Waals surface area contributed by atoms with E-state index in [1.165, 1.54) is 5.56 Å². The number of piperazine rings is 1. The van der Waals surface area contributed by atoms with E-state index in [0.717, 1.165) is 25.4 Å². The molecule has 4 heteroatoms. The summed E-state index contributed by atoms with van der Waals surface area (Å²) in [4.78, 5) is 2.34. The Labute approximate surface area is 101 Å². The normalized spacial score (nSPS) is 22.1. The molecule has 1 saturated heterocycles. The van der Waals surface area contributed by atoms with Crippen molar-refractivity contribution in [3.8, 4) is 5.75 Å². The predicted molar refractivity (Wildman–Crippen MR) is 66.2 cm³/mol. The van der Waals surface area contributed by atoms with Crippen molar-refractivity contribution in [2.45, 2.75) is 6.04 Å². The first-order valence-electron chi connectivity index (χ1n) is 5.47. The summed E-state index contributed by atoms with van der Waals surface area (Å²) < 4.78 is 5.15. The Balaban J connectivity index is 2.22. The van der Waals surface area contributed by atoms with Gasteiger partial charge in [0.15, 0.2) is 0 Å². The molecule has 0 saturated carbocycles. The van der Waals surface area contributed by atoms with Crippen LogP contribution in [0.15, 0.2) is 18.2 Å². The molecule has 0 spiro atoms. The highest BCUT2D eigenvalue weighted by Crippen LogP contribution is 2.29. The first-order chi connectivity index (χ1) is 7.72. The molecule has 1 N–H and O–H groups in total. The van der Waals surface area contributed by atoms with Gasteiger partial charge in [-0.15, -0.1) is 0 Å². The molecule has 0 radical (unpaired) electrons. The van der Waals surface area contributed by atoms with Crippen LogP contribution in [0.4, 0.5) is 0 Å². The minimum atomic E-state index is 0.400. The highest BCUT2D eigenvalue weighted by molar-refractivity contribution is 6.32. The first kappa shape index (κ1) is 11.7. The Morgan fingerprint density at radius 2 is 2.31 bits per heavy atom. The van der Waals surface area contributed by atoms with Crippen molar-refractivity contribution in [1.29, 1.82) is 0 Å². The van der Waals surface area contributed by atoms with Crippen LogP contribution in [0, 0.1) is 0 Å². The maximum Gasteiger partial charge on any atom is 0.137 e. The molecule has 1 heterocycles. The summed E-state index contributed by atoms with van der Waals surface area (Å²) in [5.41, 5.74) is 1.24. The third-order valence-corrected chi connectivity index (χ3v) is 3.37. The van der Waals surface area contributed by atoms with Crippen molar-refractivity contribution < 1.29 is 4.74 Å². The zero-order valence-corrected chi connectivity index (χ0v) is 10.4. The second-order valence-corrected chi connectivity index (χ2v) is 4.50. The number of nitrogens with one attached hydrogen (secondary N) is 1. The van der Waals surface area contributed by atoms with E-state index in [2.05, 4.69) is 23.3 Å². The summed E-state index contributed by atoms with van der Waals surface area (Å²) >= 11 is 6.13. The molecule has 16 heavy (non-hydrogen) atoms. The molecule has 0 bridgehead atoms. The van der Waals surface area contributed by atoms with Crippen molar-refractivity contribution in [3.05, 3.63) is 28.8 Å². The molecule has 0 aliphatic carbocycles. The second kappa shape index (κ2) is 5.04. The van der Waals surface area contributed by atoms with Crippen LogP contribution < -0.4 is 10.1 Å². The number of rotatable bonds is 2. The lowest BCUT2D eigenvalue weighted by Gasteiger charge is -2.33. The molecule has 0 amide bonds. The molecule has 1 aromatic rings. The molecule has 0 aromatic heterocycles. The van der Waals surface area contributed by atoms with E-state index in [-0.39, 0.29) is 0 Å². The Morgan fingerprint density at radius 1 is 1.50 bits per heavy atom. The molecule has 1 aliphatic heterocycles. The molecule has 1 fully saturated rings. The van der Waals surface area contributed by atoms with Gasteiger partial charge in [0.1, 0.15) is 5.75 Å². The van der Waals surface area contributed by atoms with Crippen LogP contribution >= 0.6 is 11.6 Å². The fraction of sp³-hybridized carbons (Fsp3) is 0.500. The van der Waals surface area contributed by atoms with E-state index in [9.17, 15) is 0 Å². The summed E-state index contributed by atoms with van der Waals surface area (Å²) in [5.74, 6) is 0.733. The fourth-order valence-corrected chi connectivity index (χ4v) is 2.33. The maximum absolute atomic E-state index is 6.13. The summed E-state index contributed by atoms with van der Waals surface area (Å²) in [6.07, 6.45) is 0. The molecule has 3 nitrogen and oxygen atoms in total. The van der Waals surface area contributed by atoms with Gasteiger partial charge in [-0.3, -0.25) is 4.90 Å². The van der Waals surface area contributed by atoms with Gasteiger partial charge in [0.2, 0.25) is 0 Å². The number of likely N-dealkylation sites (N-methyl/N-ethyl adjacent to an activating group) is 1. The number of hydrogen-bond donors (Lipinski definition) is 1. The number of ether oxygens (including phenoxy) is 1. The van der Waals surface area contributed by atoms with Crippen molar-refractivity contribution in [3.63, 3.8) is 0 Å². The third-order valence-electron chi connectivity index (χ3n) is 3.07. The Hall–Kier alpha value is -0.770. The van der Waals surface area contributed by atoms with Crippen molar-refractivity contribution in [1.82, 2.24) is 10.2 Å². The highest BCUT2D eigenvalue weighted by Gasteiger charge is 2.20. The standard InChI is InChI=1S/C12H17ClN2O/c1-15-6-5-14-8-11(15)9-3-4-12(16-2)10(13)7-9/h3-4,7,11,14H,5-6,8H2,1-2H3. The molecular formula is C12H17ClN2O. The Kier molecular flexibility index (Phi) is 3.69. The van der Waals surface area contributed by atoms with E-state index in [0.29, 0.717) is 11.1 Å². The monoisotopic (exact) mass is 240 g/mol. The van der Waals surface area contributed by atoms with Gasteiger partial charge in [-0.05, 0) is 24.7 Å². The van der Waals surface area contributed by atoms with Gasteiger partial charge in [-0.25, -0.2) is 0 Å². The van der Waals surface area contributed by atoms with E-state index in [4.69, 9.17) is 16.3 Å². The van der Waals surface area contributed by atoms with Gasteiger partial charge < -0.3 is 10.1 Å². The van der Waals surface area contributed by atoms with Crippen LogP contribution in [-0.2, 0) is 0 Å². The van der Waals surface area contributed by atoms with Crippen molar-refractivity contribution in [2.24, 2.45) is 0 Å². The highest BCUT2D eigenvalue weighted by atomic mass is 35.5. The average molecular weight is 241 g/mol. The summed E-state index contributed by atoms with van der Waals surface area (Å²) in [6.45, 7) is 3.09. The smallest absolute Gasteiger partial charge is 0.137 e. The molecule has 2 rings (SSSR count). The molecule has 1 atom stereocenters. The van der Waals surface area contributed by atoms with Gasteiger partial charge in [0, 0.05) is 25.7 Å². The molecule has 1 aliphatic rings. The van der Waals surface area contributed by atoms with Crippen molar-refractivity contribution in [2.75, 3.05) is 33.8 Å². The quantitative estimate of drug-likeness (QED) is 0.855. The largest absolute Gasteiger partial charge is 0.495 e. The zero-order valence-electron chi connectivity index (χ0n) is 9.66. The number of halogens is 1. The van der Waals surface area contributed by atoms with E-state index >= 15 is 0 Å². The SMILES string of the molecule is COc1ccc(C2CNCCN2C)cc1Cl. The maximum atomic E-state index is 6.13. The lowest BCUT2D eigenvalue weighted by molar-refractivity contribution is 0.202.